The SMILES string of the molecule is O=C1c2ccccc2C(=O)N1CC(COCc1ccccc1)(COCc1ccccc1)C(=O)O. The van der Waals surface area contributed by atoms with E-state index in [1.807, 2.05) is 60.7 Å². The average Bonchev–Trinajstić information content (AvgIpc) is 3.10. The summed E-state index contributed by atoms with van der Waals surface area (Å²) in [5.41, 5.74) is 0.654. The van der Waals surface area contributed by atoms with Crippen molar-refractivity contribution in [2.75, 3.05) is 19.8 Å². The van der Waals surface area contributed by atoms with Crippen LogP contribution in [-0.4, -0.2) is 47.5 Å². The van der Waals surface area contributed by atoms with Gasteiger partial charge in [0.05, 0.1) is 37.6 Å². The Morgan fingerprint density at radius 2 is 1.12 bits per heavy atom. The second kappa shape index (κ2) is 10.4. The van der Waals surface area contributed by atoms with Gasteiger partial charge in [0.15, 0.2) is 0 Å². The van der Waals surface area contributed by atoms with Crippen LogP contribution in [0.15, 0.2) is 84.9 Å². The summed E-state index contributed by atoms with van der Waals surface area (Å²) >= 11 is 0. The number of carboxylic acid groups (broad SMARTS) is 1. The smallest absolute Gasteiger partial charge is 0.316 e. The molecule has 1 N–H and O–H groups in total. The van der Waals surface area contributed by atoms with Crippen LogP contribution in [0.4, 0.5) is 0 Å². The Labute approximate surface area is 197 Å². The molecule has 0 saturated heterocycles. The topological polar surface area (TPSA) is 93.1 Å². The predicted molar refractivity (Wildman–Crippen MR) is 124 cm³/mol. The lowest BCUT2D eigenvalue weighted by Crippen LogP contribution is -2.51. The summed E-state index contributed by atoms with van der Waals surface area (Å²) in [5.74, 6) is -2.24. The fraction of sp³-hybridized carbons (Fsp3) is 0.222. The number of fused-ring (bicyclic) bond motifs is 1. The first-order valence-electron chi connectivity index (χ1n) is 10.9. The van der Waals surface area contributed by atoms with Crippen molar-refractivity contribution in [3.8, 4) is 0 Å². The molecule has 0 aromatic heterocycles. The highest BCUT2D eigenvalue weighted by atomic mass is 16.5. The molecule has 3 aromatic carbocycles. The number of hydrogen-bond acceptors (Lipinski definition) is 5. The average molecular weight is 459 g/mol. The minimum Gasteiger partial charge on any atom is -0.481 e. The largest absolute Gasteiger partial charge is 0.481 e. The zero-order valence-electron chi connectivity index (χ0n) is 18.6. The molecule has 0 spiro atoms. The van der Waals surface area contributed by atoms with E-state index in [1.54, 1.807) is 24.3 Å². The molecule has 0 unspecified atom stereocenters. The van der Waals surface area contributed by atoms with Gasteiger partial charge in [-0.3, -0.25) is 19.3 Å². The van der Waals surface area contributed by atoms with E-state index in [1.165, 1.54) is 0 Å². The molecule has 0 atom stereocenters. The molecule has 1 aliphatic heterocycles. The van der Waals surface area contributed by atoms with Gasteiger partial charge in [-0.2, -0.15) is 0 Å². The van der Waals surface area contributed by atoms with Gasteiger partial charge in [-0.25, -0.2) is 0 Å². The molecular formula is C27H25NO6. The molecule has 4 rings (SSSR count). The van der Waals surface area contributed by atoms with E-state index in [2.05, 4.69) is 0 Å². The third-order valence-electron chi connectivity index (χ3n) is 5.77. The molecule has 0 aliphatic carbocycles. The summed E-state index contributed by atoms with van der Waals surface area (Å²) in [5, 5.41) is 10.3. The first kappa shape index (κ1) is 23.4. The van der Waals surface area contributed by atoms with E-state index in [9.17, 15) is 19.5 Å². The van der Waals surface area contributed by atoms with Crippen LogP contribution in [0.3, 0.4) is 0 Å². The Balaban J connectivity index is 1.54. The minimum atomic E-state index is -1.64. The van der Waals surface area contributed by atoms with Crippen molar-refractivity contribution in [3.63, 3.8) is 0 Å². The number of imide groups is 1. The van der Waals surface area contributed by atoms with E-state index in [4.69, 9.17) is 9.47 Å². The van der Waals surface area contributed by atoms with Crippen molar-refractivity contribution in [1.82, 2.24) is 4.90 Å². The number of amides is 2. The van der Waals surface area contributed by atoms with Gasteiger partial charge in [0.25, 0.3) is 11.8 Å². The Morgan fingerprint density at radius 1 is 0.706 bits per heavy atom. The zero-order valence-corrected chi connectivity index (χ0v) is 18.6. The number of nitrogens with zero attached hydrogens (tertiary/aromatic N) is 1. The number of carbonyl (C=O) groups is 3. The number of carboxylic acids is 1. The van der Waals surface area contributed by atoms with E-state index >= 15 is 0 Å². The maximum absolute atomic E-state index is 12.9. The van der Waals surface area contributed by atoms with Crippen molar-refractivity contribution < 1.29 is 29.0 Å². The highest BCUT2D eigenvalue weighted by Gasteiger charge is 2.47. The number of rotatable bonds is 11. The highest BCUT2D eigenvalue weighted by Crippen LogP contribution is 2.29. The maximum atomic E-state index is 12.9. The van der Waals surface area contributed by atoms with Gasteiger partial charge >= 0.3 is 5.97 Å². The second-order valence-electron chi connectivity index (χ2n) is 8.28. The van der Waals surface area contributed by atoms with Gasteiger partial charge in [0.2, 0.25) is 0 Å². The lowest BCUT2D eigenvalue weighted by molar-refractivity contribution is -0.160. The van der Waals surface area contributed by atoms with Crippen LogP contribution in [-0.2, 0) is 27.5 Å². The molecule has 1 aliphatic rings. The van der Waals surface area contributed by atoms with Gasteiger partial charge in [-0.15, -0.1) is 0 Å². The first-order chi connectivity index (χ1) is 16.5. The fourth-order valence-electron chi connectivity index (χ4n) is 3.89. The molecule has 7 heteroatoms. The third-order valence-corrected chi connectivity index (χ3v) is 5.77. The second-order valence-corrected chi connectivity index (χ2v) is 8.28. The molecule has 3 aromatic rings. The molecule has 2 amide bonds. The summed E-state index contributed by atoms with van der Waals surface area (Å²) in [4.78, 5) is 39.4. The highest BCUT2D eigenvalue weighted by molar-refractivity contribution is 6.21. The summed E-state index contributed by atoms with van der Waals surface area (Å²) in [6.07, 6.45) is 0. The lowest BCUT2D eigenvalue weighted by atomic mass is 9.89. The van der Waals surface area contributed by atoms with Crippen LogP contribution in [0.1, 0.15) is 31.8 Å². The van der Waals surface area contributed by atoms with E-state index in [-0.39, 0.29) is 44.1 Å². The normalized spacial score (nSPS) is 13.2. The number of hydrogen-bond donors (Lipinski definition) is 1. The fourth-order valence-corrected chi connectivity index (χ4v) is 3.89. The predicted octanol–water partition coefficient (Wildman–Crippen LogP) is 3.79. The van der Waals surface area contributed by atoms with Crippen molar-refractivity contribution in [1.29, 1.82) is 0 Å². The molecule has 1 heterocycles. The quantitative estimate of drug-likeness (QED) is 0.439. The summed E-state index contributed by atoms with van der Waals surface area (Å²) in [6.45, 7) is -0.454. The number of aliphatic carboxylic acids is 1. The van der Waals surface area contributed by atoms with Gasteiger partial charge < -0.3 is 14.6 Å². The van der Waals surface area contributed by atoms with E-state index in [0.717, 1.165) is 16.0 Å². The third kappa shape index (κ3) is 5.06. The van der Waals surface area contributed by atoms with Crippen molar-refractivity contribution in [2.45, 2.75) is 13.2 Å². The lowest BCUT2D eigenvalue weighted by Gasteiger charge is -2.32. The van der Waals surface area contributed by atoms with Crippen molar-refractivity contribution in [2.24, 2.45) is 5.41 Å². The van der Waals surface area contributed by atoms with Gasteiger partial charge in [-0.1, -0.05) is 72.8 Å². The maximum Gasteiger partial charge on any atom is 0.316 e. The van der Waals surface area contributed by atoms with Crippen LogP contribution in [0.5, 0.6) is 0 Å². The summed E-state index contributed by atoms with van der Waals surface area (Å²) in [7, 11) is 0. The monoisotopic (exact) mass is 459 g/mol. The van der Waals surface area contributed by atoms with Crippen LogP contribution in [0, 0.1) is 5.41 Å². The molecular weight excluding hydrogens is 434 g/mol. The molecule has 7 nitrogen and oxygen atoms in total. The van der Waals surface area contributed by atoms with Crippen LogP contribution >= 0.6 is 0 Å². The molecule has 0 fully saturated rings. The summed E-state index contributed by atoms with van der Waals surface area (Å²) in [6, 6.07) is 25.2. The van der Waals surface area contributed by atoms with Crippen LogP contribution in [0.25, 0.3) is 0 Å². The standard InChI is InChI=1S/C27H25NO6/c29-24-22-13-7-8-14-23(22)25(30)28(24)17-27(26(31)32,18-33-15-20-9-3-1-4-10-20)19-34-16-21-11-5-2-6-12-21/h1-14H,15-19H2,(H,31,32). The molecule has 174 valence electrons. The van der Waals surface area contributed by atoms with Gasteiger partial charge in [0, 0.05) is 6.54 Å². The van der Waals surface area contributed by atoms with Crippen molar-refractivity contribution in [3.05, 3.63) is 107 Å². The molecule has 0 bridgehead atoms. The van der Waals surface area contributed by atoms with Crippen LogP contribution in [0.2, 0.25) is 0 Å². The van der Waals surface area contributed by atoms with Gasteiger partial charge in [0.1, 0.15) is 5.41 Å². The van der Waals surface area contributed by atoms with Gasteiger partial charge in [-0.05, 0) is 23.3 Å². The molecule has 0 radical (unpaired) electrons. The Hall–Kier alpha value is -3.81. The molecule has 34 heavy (non-hydrogen) atoms. The summed E-state index contributed by atoms with van der Waals surface area (Å²) < 4.78 is 11.6. The number of benzene rings is 3. The Kier molecular flexibility index (Phi) is 7.15. The Bertz CT molecular complexity index is 1080. The number of carbonyl (C=O) groups excluding carboxylic acids is 2. The first-order valence-corrected chi connectivity index (χ1v) is 10.9. The Morgan fingerprint density at radius 3 is 1.53 bits per heavy atom. The van der Waals surface area contributed by atoms with Crippen LogP contribution < -0.4 is 0 Å². The molecule has 0 saturated carbocycles. The van der Waals surface area contributed by atoms with Crippen molar-refractivity contribution >= 4 is 17.8 Å². The minimum absolute atomic E-state index is 0.191. The van der Waals surface area contributed by atoms with E-state index in [0.29, 0.717) is 0 Å². The van der Waals surface area contributed by atoms with E-state index < -0.39 is 23.2 Å². The zero-order chi connectivity index (χ0) is 24.0. The number of ether oxygens (including phenoxy) is 2.